The summed E-state index contributed by atoms with van der Waals surface area (Å²) in [7, 11) is 4.58. The number of nitrogens with one attached hydrogen (secondary N) is 1. The molecule has 186 valence electrons. The van der Waals surface area contributed by atoms with Crippen LogP contribution in [0, 0.1) is 12.8 Å². The minimum atomic E-state index is -0.646. The Bertz CT molecular complexity index is 750. The Labute approximate surface area is 205 Å². The predicted molar refractivity (Wildman–Crippen MR) is 136 cm³/mol. The lowest BCUT2D eigenvalue weighted by molar-refractivity contribution is -0.147. The summed E-state index contributed by atoms with van der Waals surface area (Å²) in [5.74, 6) is -0.951. The standard InChI is InChI=1S/C24H38N2O5S2/c1-17-9-11-18(12-10-17)15-31-21(27)14-19(16-32-33-24(2,3)4)22(28)26-13-7-6-8-20(25)23(29)30-5/h9-12,19-20H,6-8,13-16,25H2,1-5H3,(H,26,28)/t19?,20-/m0/s1. The molecular weight excluding hydrogens is 460 g/mol. The van der Waals surface area contributed by atoms with E-state index in [1.54, 1.807) is 21.6 Å². The van der Waals surface area contributed by atoms with Crippen LogP contribution in [0.5, 0.6) is 0 Å². The zero-order valence-electron chi connectivity index (χ0n) is 20.3. The van der Waals surface area contributed by atoms with Crippen molar-refractivity contribution in [1.82, 2.24) is 5.32 Å². The maximum atomic E-state index is 12.8. The topological polar surface area (TPSA) is 108 Å². The third kappa shape index (κ3) is 13.6. The van der Waals surface area contributed by atoms with Crippen LogP contribution in [0.25, 0.3) is 0 Å². The number of benzene rings is 1. The van der Waals surface area contributed by atoms with Crippen LogP contribution < -0.4 is 11.1 Å². The third-order valence-corrected chi connectivity index (χ3v) is 8.05. The number of methoxy groups -OCH3 is 1. The Morgan fingerprint density at radius 3 is 2.39 bits per heavy atom. The van der Waals surface area contributed by atoms with Gasteiger partial charge in [0.25, 0.3) is 0 Å². The zero-order chi connectivity index (χ0) is 24.9. The fraction of sp³-hybridized carbons (Fsp3) is 0.625. The average molecular weight is 499 g/mol. The number of unbranched alkanes of at least 4 members (excludes halogenated alkanes) is 1. The first-order valence-electron chi connectivity index (χ1n) is 11.1. The van der Waals surface area contributed by atoms with Crippen molar-refractivity contribution in [2.75, 3.05) is 19.4 Å². The van der Waals surface area contributed by atoms with Crippen LogP contribution in [-0.4, -0.2) is 48.0 Å². The number of ether oxygens (including phenoxy) is 2. The van der Waals surface area contributed by atoms with Crippen molar-refractivity contribution in [3.05, 3.63) is 35.4 Å². The molecule has 0 spiro atoms. The second-order valence-corrected chi connectivity index (χ2v) is 12.1. The number of rotatable bonds is 14. The van der Waals surface area contributed by atoms with Crippen LogP contribution in [0.3, 0.4) is 0 Å². The van der Waals surface area contributed by atoms with Crippen LogP contribution in [-0.2, 0) is 30.5 Å². The summed E-state index contributed by atoms with van der Waals surface area (Å²) in [6, 6.07) is 7.15. The van der Waals surface area contributed by atoms with Crippen molar-refractivity contribution in [2.24, 2.45) is 11.7 Å². The van der Waals surface area contributed by atoms with Gasteiger partial charge in [0.15, 0.2) is 0 Å². The number of amides is 1. The zero-order valence-corrected chi connectivity index (χ0v) is 22.0. The molecule has 0 heterocycles. The van der Waals surface area contributed by atoms with E-state index in [1.165, 1.54) is 7.11 Å². The lowest BCUT2D eigenvalue weighted by Crippen LogP contribution is -2.35. The summed E-state index contributed by atoms with van der Waals surface area (Å²) in [6.45, 7) is 8.97. The fourth-order valence-corrected chi connectivity index (χ4v) is 5.36. The van der Waals surface area contributed by atoms with Gasteiger partial charge < -0.3 is 20.5 Å². The van der Waals surface area contributed by atoms with E-state index in [2.05, 4.69) is 30.8 Å². The highest BCUT2D eigenvalue weighted by Gasteiger charge is 2.24. The lowest BCUT2D eigenvalue weighted by atomic mass is 10.1. The van der Waals surface area contributed by atoms with Gasteiger partial charge >= 0.3 is 11.9 Å². The number of hydrogen-bond acceptors (Lipinski definition) is 8. The van der Waals surface area contributed by atoms with Gasteiger partial charge in [-0.15, -0.1) is 0 Å². The Hall–Kier alpha value is -1.71. The Kier molecular flexibility index (Phi) is 13.5. The van der Waals surface area contributed by atoms with Gasteiger partial charge in [0, 0.05) is 17.0 Å². The smallest absolute Gasteiger partial charge is 0.322 e. The molecule has 0 radical (unpaired) electrons. The van der Waals surface area contributed by atoms with Crippen LogP contribution in [0.2, 0.25) is 0 Å². The average Bonchev–Trinajstić information content (AvgIpc) is 2.76. The van der Waals surface area contributed by atoms with Crippen LogP contribution in [0.1, 0.15) is 57.6 Å². The van der Waals surface area contributed by atoms with E-state index in [-0.39, 0.29) is 29.7 Å². The largest absolute Gasteiger partial charge is 0.468 e. The summed E-state index contributed by atoms with van der Waals surface area (Å²) < 4.78 is 10.1. The Morgan fingerprint density at radius 1 is 1.12 bits per heavy atom. The van der Waals surface area contributed by atoms with Gasteiger partial charge in [0.2, 0.25) is 5.91 Å². The minimum Gasteiger partial charge on any atom is -0.468 e. The van der Waals surface area contributed by atoms with E-state index in [4.69, 9.17) is 10.5 Å². The SMILES string of the molecule is COC(=O)[C@@H](N)CCCCNC(=O)C(CSSC(C)(C)C)CC(=O)OCc1ccc(C)cc1. The summed E-state index contributed by atoms with van der Waals surface area (Å²) in [5.41, 5.74) is 7.78. The molecule has 2 atom stereocenters. The van der Waals surface area contributed by atoms with Gasteiger partial charge in [0.05, 0.1) is 19.4 Å². The van der Waals surface area contributed by atoms with E-state index in [1.807, 2.05) is 31.2 Å². The lowest BCUT2D eigenvalue weighted by Gasteiger charge is -2.20. The first-order chi connectivity index (χ1) is 15.5. The minimum absolute atomic E-state index is 0.0304. The highest BCUT2D eigenvalue weighted by atomic mass is 33.1. The molecule has 0 aliphatic heterocycles. The number of carbonyl (C=O) groups excluding carboxylic acids is 3. The van der Waals surface area contributed by atoms with E-state index in [0.29, 0.717) is 31.6 Å². The second kappa shape index (κ2) is 15.2. The van der Waals surface area contributed by atoms with Gasteiger partial charge in [-0.3, -0.25) is 14.4 Å². The molecule has 3 N–H and O–H groups in total. The summed E-state index contributed by atoms with van der Waals surface area (Å²) in [5, 5.41) is 2.91. The molecule has 0 aliphatic carbocycles. The number of aryl methyl sites for hydroxylation is 1. The van der Waals surface area contributed by atoms with Gasteiger partial charge in [0.1, 0.15) is 12.6 Å². The quantitative estimate of drug-likeness (QED) is 0.225. The molecule has 0 fully saturated rings. The first kappa shape index (κ1) is 29.3. The fourth-order valence-electron chi connectivity index (χ4n) is 2.74. The third-order valence-electron chi connectivity index (χ3n) is 4.63. The second-order valence-electron chi connectivity index (χ2n) is 8.94. The Morgan fingerprint density at radius 2 is 1.79 bits per heavy atom. The van der Waals surface area contributed by atoms with Crippen LogP contribution >= 0.6 is 21.6 Å². The monoisotopic (exact) mass is 498 g/mol. The highest BCUT2D eigenvalue weighted by Crippen LogP contribution is 2.36. The van der Waals surface area contributed by atoms with Gasteiger partial charge in [-0.25, -0.2) is 0 Å². The van der Waals surface area contributed by atoms with Crippen LogP contribution in [0.15, 0.2) is 24.3 Å². The maximum absolute atomic E-state index is 12.8. The summed E-state index contributed by atoms with van der Waals surface area (Å²) in [6.07, 6.45) is 1.90. The van der Waals surface area contributed by atoms with Crippen molar-refractivity contribution in [2.45, 2.75) is 70.8 Å². The molecule has 1 rings (SSSR count). The van der Waals surface area contributed by atoms with Gasteiger partial charge in [-0.1, -0.05) is 72.2 Å². The van der Waals surface area contributed by atoms with E-state index in [9.17, 15) is 14.4 Å². The van der Waals surface area contributed by atoms with Crippen molar-refractivity contribution in [3.8, 4) is 0 Å². The maximum Gasteiger partial charge on any atom is 0.322 e. The summed E-state index contributed by atoms with van der Waals surface area (Å²) >= 11 is 0. The van der Waals surface area contributed by atoms with Gasteiger partial charge in [-0.05, 0) is 31.7 Å². The molecule has 1 aromatic carbocycles. The van der Waals surface area contributed by atoms with Crippen molar-refractivity contribution in [3.63, 3.8) is 0 Å². The molecule has 1 unspecified atom stereocenters. The molecule has 0 saturated heterocycles. The number of esters is 2. The van der Waals surface area contributed by atoms with Crippen molar-refractivity contribution >= 4 is 39.4 Å². The molecule has 33 heavy (non-hydrogen) atoms. The Balaban J connectivity index is 2.51. The van der Waals surface area contributed by atoms with Crippen molar-refractivity contribution in [1.29, 1.82) is 0 Å². The normalized spacial score (nSPS) is 13.2. The van der Waals surface area contributed by atoms with Crippen LogP contribution in [0.4, 0.5) is 0 Å². The number of nitrogens with two attached hydrogens (primary N) is 1. The molecular formula is C24H38N2O5S2. The molecule has 9 heteroatoms. The van der Waals surface area contributed by atoms with E-state index in [0.717, 1.165) is 11.1 Å². The molecule has 0 aromatic heterocycles. The van der Waals surface area contributed by atoms with E-state index >= 15 is 0 Å². The molecule has 7 nitrogen and oxygen atoms in total. The molecule has 1 amide bonds. The number of carbonyl (C=O) groups is 3. The predicted octanol–water partition coefficient (Wildman–Crippen LogP) is 4.01. The van der Waals surface area contributed by atoms with Gasteiger partial charge in [-0.2, -0.15) is 0 Å². The number of hydrogen-bond donors (Lipinski definition) is 2. The van der Waals surface area contributed by atoms with E-state index < -0.39 is 17.9 Å². The summed E-state index contributed by atoms with van der Waals surface area (Å²) in [4.78, 5) is 36.5. The molecule has 0 bridgehead atoms. The first-order valence-corrected chi connectivity index (χ1v) is 13.5. The van der Waals surface area contributed by atoms with Crippen molar-refractivity contribution < 1.29 is 23.9 Å². The molecule has 0 aliphatic rings. The molecule has 0 saturated carbocycles. The highest BCUT2D eigenvalue weighted by molar-refractivity contribution is 8.77. The molecule has 1 aromatic rings.